The molecule has 0 amide bonds. The van der Waals surface area contributed by atoms with Gasteiger partial charge in [-0.2, -0.15) is 5.10 Å². The number of aromatic nitrogens is 4. The third-order valence-electron chi connectivity index (χ3n) is 2.81. The number of aromatic carboxylic acids is 1. The summed E-state index contributed by atoms with van der Waals surface area (Å²) in [5, 5.41) is 14.7. The molecule has 20 heavy (non-hydrogen) atoms. The first-order valence-corrected chi connectivity index (χ1v) is 6.61. The van der Waals surface area contributed by atoms with E-state index >= 15 is 0 Å². The molecule has 100 valence electrons. The molecule has 1 aromatic carbocycles. The molecule has 2 heterocycles. The lowest BCUT2D eigenvalue weighted by atomic mass is 10.2. The first-order valence-electron chi connectivity index (χ1n) is 5.79. The lowest BCUT2D eigenvalue weighted by Crippen LogP contribution is -1.95. The SMILES string of the molecule is Cn1ncc2c(Sc3ccc(C(=O)O)cc3)ncnc21. The predicted octanol–water partition coefficient (Wildman–Crippen LogP) is 2.21. The van der Waals surface area contributed by atoms with Crippen molar-refractivity contribution in [2.24, 2.45) is 7.05 Å². The topological polar surface area (TPSA) is 80.9 Å². The minimum Gasteiger partial charge on any atom is -0.478 e. The zero-order valence-electron chi connectivity index (χ0n) is 10.5. The van der Waals surface area contributed by atoms with Gasteiger partial charge >= 0.3 is 5.97 Å². The van der Waals surface area contributed by atoms with E-state index in [2.05, 4.69) is 15.1 Å². The van der Waals surface area contributed by atoms with Crippen LogP contribution in [-0.2, 0) is 7.05 Å². The van der Waals surface area contributed by atoms with Gasteiger partial charge in [0, 0.05) is 11.9 Å². The van der Waals surface area contributed by atoms with Gasteiger partial charge in [-0.25, -0.2) is 14.8 Å². The Hall–Kier alpha value is -2.41. The fourth-order valence-corrected chi connectivity index (χ4v) is 2.65. The molecule has 0 saturated carbocycles. The highest BCUT2D eigenvalue weighted by atomic mass is 32.2. The van der Waals surface area contributed by atoms with Crippen molar-refractivity contribution in [3.63, 3.8) is 0 Å². The van der Waals surface area contributed by atoms with Crippen LogP contribution in [0.15, 0.2) is 46.7 Å². The lowest BCUT2D eigenvalue weighted by molar-refractivity contribution is 0.0697. The Morgan fingerprint density at radius 1 is 1.25 bits per heavy atom. The third kappa shape index (κ3) is 2.23. The molecular formula is C13H10N4O2S. The summed E-state index contributed by atoms with van der Waals surface area (Å²) >= 11 is 1.45. The second-order valence-electron chi connectivity index (χ2n) is 4.12. The molecule has 0 unspecified atom stereocenters. The van der Waals surface area contributed by atoms with E-state index in [1.807, 2.05) is 7.05 Å². The summed E-state index contributed by atoms with van der Waals surface area (Å²) in [5.41, 5.74) is 1.04. The second-order valence-corrected chi connectivity index (χ2v) is 5.18. The van der Waals surface area contributed by atoms with Gasteiger partial charge in [0.05, 0.1) is 17.1 Å². The molecule has 0 atom stereocenters. The van der Waals surface area contributed by atoms with Crippen molar-refractivity contribution in [3.8, 4) is 0 Å². The van der Waals surface area contributed by atoms with Crippen LogP contribution in [0.1, 0.15) is 10.4 Å². The fraction of sp³-hybridized carbons (Fsp3) is 0.0769. The molecular weight excluding hydrogens is 276 g/mol. The lowest BCUT2D eigenvalue weighted by Gasteiger charge is -2.02. The number of aryl methyl sites for hydroxylation is 1. The third-order valence-corrected chi connectivity index (χ3v) is 3.84. The fourth-order valence-electron chi connectivity index (χ4n) is 1.80. The van der Waals surface area contributed by atoms with Crippen LogP contribution in [0.3, 0.4) is 0 Å². The number of carboxylic acid groups (broad SMARTS) is 1. The highest BCUT2D eigenvalue weighted by Crippen LogP contribution is 2.30. The van der Waals surface area contributed by atoms with Gasteiger partial charge < -0.3 is 5.11 Å². The minimum atomic E-state index is -0.932. The number of carboxylic acids is 1. The van der Waals surface area contributed by atoms with Crippen LogP contribution in [-0.4, -0.2) is 30.8 Å². The summed E-state index contributed by atoms with van der Waals surface area (Å²) in [5.74, 6) is -0.932. The molecule has 2 aromatic heterocycles. The van der Waals surface area contributed by atoms with Crippen molar-refractivity contribution in [3.05, 3.63) is 42.4 Å². The smallest absolute Gasteiger partial charge is 0.335 e. The average Bonchev–Trinajstić information content (AvgIpc) is 2.82. The van der Waals surface area contributed by atoms with E-state index in [4.69, 9.17) is 5.11 Å². The van der Waals surface area contributed by atoms with Crippen LogP contribution in [0, 0.1) is 0 Å². The monoisotopic (exact) mass is 286 g/mol. The number of hydrogen-bond donors (Lipinski definition) is 1. The predicted molar refractivity (Wildman–Crippen MR) is 73.8 cm³/mol. The van der Waals surface area contributed by atoms with Gasteiger partial charge in [-0.15, -0.1) is 0 Å². The van der Waals surface area contributed by atoms with Gasteiger partial charge in [-0.05, 0) is 24.3 Å². The van der Waals surface area contributed by atoms with E-state index in [-0.39, 0.29) is 5.56 Å². The summed E-state index contributed by atoms with van der Waals surface area (Å²) in [6.45, 7) is 0. The van der Waals surface area contributed by atoms with E-state index in [0.29, 0.717) is 0 Å². The van der Waals surface area contributed by atoms with Gasteiger partial charge in [-0.3, -0.25) is 4.68 Å². The zero-order valence-corrected chi connectivity index (χ0v) is 11.3. The maximum atomic E-state index is 10.8. The van der Waals surface area contributed by atoms with Gasteiger partial charge in [0.1, 0.15) is 11.4 Å². The van der Waals surface area contributed by atoms with Crippen molar-refractivity contribution in [1.82, 2.24) is 19.7 Å². The summed E-state index contributed by atoms with van der Waals surface area (Å²) in [7, 11) is 1.82. The normalized spacial score (nSPS) is 10.8. The maximum Gasteiger partial charge on any atom is 0.335 e. The summed E-state index contributed by atoms with van der Waals surface area (Å²) in [4.78, 5) is 20.2. The second kappa shape index (κ2) is 4.93. The Balaban J connectivity index is 1.95. The maximum absolute atomic E-state index is 10.8. The van der Waals surface area contributed by atoms with E-state index in [9.17, 15) is 4.79 Å². The molecule has 0 spiro atoms. The Labute approximate surface area is 118 Å². The van der Waals surface area contributed by atoms with Crippen molar-refractivity contribution < 1.29 is 9.90 Å². The minimum absolute atomic E-state index is 0.267. The molecule has 0 saturated heterocycles. The standard InChI is InChI=1S/C13H10N4O2S/c1-17-11-10(6-16-17)12(15-7-14-11)20-9-4-2-8(3-5-9)13(18)19/h2-7H,1H3,(H,18,19). The number of rotatable bonds is 3. The van der Waals surface area contributed by atoms with Gasteiger partial charge in [0.2, 0.25) is 0 Å². The van der Waals surface area contributed by atoms with Crippen LogP contribution < -0.4 is 0 Å². The summed E-state index contributed by atoms with van der Waals surface area (Å²) in [6.07, 6.45) is 3.22. The van der Waals surface area contributed by atoms with Crippen molar-refractivity contribution in [1.29, 1.82) is 0 Å². The van der Waals surface area contributed by atoms with E-state index in [1.54, 1.807) is 35.1 Å². The number of fused-ring (bicyclic) bond motifs is 1. The van der Waals surface area contributed by atoms with Crippen molar-refractivity contribution in [2.75, 3.05) is 0 Å². The zero-order chi connectivity index (χ0) is 14.1. The van der Waals surface area contributed by atoms with E-state index in [1.165, 1.54) is 18.1 Å². The van der Waals surface area contributed by atoms with Crippen LogP contribution in [0.25, 0.3) is 11.0 Å². The highest BCUT2D eigenvalue weighted by molar-refractivity contribution is 7.99. The van der Waals surface area contributed by atoms with Gasteiger partial charge in [0.15, 0.2) is 5.65 Å². The molecule has 3 rings (SSSR count). The molecule has 0 aliphatic carbocycles. The number of nitrogens with zero attached hydrogens (tertiary/aromatic N) is 4. The molecule has 0 bridgehead atoms. The average molecular weight is 286 g/mol. The van der Waals surface area contributed by atoms with Gasteiger partial charge in [-0.1, -0.05) is 11.8 Å². The molecule has 0 aliphatic heterocycles. The van der Waals surface area contributed by atoms with E-state index in [0.717, 1.165) is 21.0 Å². The Bertz CT molecular complexity index is 783. The van der Waals surface area contributed by atoms with E-state index < -0.39 is 5.97 Å². The van der Waals surface area contributed by atoms with Crippen LogP contribution in [0.4, 0.5) is 0 Å². The molecule has 3 aromatic rings. The van der Waals surface area contributed by atoms with Gasteiger partial charge in [0.25, 0.3) is 0 Å². The quantitative estimate of drug-likeness (QED) is 0.743. The molecule has 6 nitrogen and oxygen atoms in total. The van der Waals surface area contributed by atoms with Crippen LogP contribution in [0.2, 0.25) is 0 Å². The largest absolute Gasteiger partial charge is 0.478 e. The molecule has 0 radical (unpaired) electrons. The molecule has 1 N–H and O–H groups in total. The first kappa shape index (κ1) is 12.6. The highest BCUT2D eigenvalue weighted by Gasteiger charge is 2.09. The number of carbonyl (C=O) groups is 1. The molecule has 0 fully saturated rings. The van der Waals surface area contributed by atoms with Crippen molar-refractivity contribution in [2.45, 2.75) is 9.92 Å². The summed E-state index contributed by atoms with van der Waals surface area (Å²) < 4.78 is 1.69. The van der Waals surface area contributed by atoms with Crippen molar-refractivity contribution >= 4 is 28.8 Å². The Morgan fingerprint density at radius 2 is 2.00 bits per heavy atom. The Kier molecular flexibility index (Phi) is 3.11. The number of benzene rings is 1. The summed E-state index contributed by atoms with van der Waals surface area (Å²) in [6, 6.07) is 6.68. The Morgan fingerprint density at radius 3 is 2.70 bits per heavy atom. The first-order chi connectivity index (χ1) is 9.65. The number of hydrogen-bond acceptors (Lipinski definition) is 5. The van der Waals surface area contributed by atoms with Crippen LogP contribution in [0.5, 0.6) is 0 Å². The molecule has 7 heteroatoms. The van der Waals surface area contributed by atoms with Crippen LogP contribution >= 0.6 is 11.8 Å². The molecule has 0 aliphatic rings.